The zero-order valence-corrected chi connectivity index (χ0v) is 13.2. The first-order valence-electron chi connectivity index (χ1n) is 8.69. The number of piperazine rings is 1. The van der Waals surface area contributed by atoms with E-state index in [2.05, 4.69) is 20.4 Å². The Morgan fingerprint density at radius 3 is 2.14 bits per heavy atom. The molecule has 0 bridgehead atoms. The van der Waals surface area contributed by atoms with Crippen LogP contribution in [0.4, 0.5) is 0 Å². The highest BCUT2D eigenvalue weighted by Crippen LogP contribution is 2.39. The second-order valence-electron chi connectivity index (χ2n) is 6.97. The number of amides is 1. The van der Waals surface area contributed by atoms with Crippen LogP contribution in [-0.2, 0) is 4.79 Å². The maximum Gasteiger partial charge on any atom is 0.223 e. The van der Waals surface area contributed by atoms with Crippen molar-refractivity contribution in [2.75, 3.05) is 58.9 Å². The molecule has 3 aliphatic heterocycles. The second kappa shape index (κ2) is 7.07. The molecule has 5 heteroatoms. The minimum atomic E-state index is 0.373. The fourth-order valence-corrected chi connectivity index (χ4v) is 4.03. The van der Waals surface area contributed by atoms with Crippen molar-refractivity contribution in [3.05, 3.63) is 0 Å². The van der Waals surface area contributed by atoms with Gasteiger partial charge >= 0.3 is 0 Å². The van der Waals surface area contributed by atoms with Gasteiger partial charge in [0.05, 0.1) is 0 Å². The summed E-state index contributed by atoms with van der Waals surface area (Å²) in [6, 6.07) is 0. The molecule has 1 amide bonds. The number of rotatable bonds is 3. The van der Waals surface area contributed by atoms with Crippen LogP contribution in [0.5, 0.6) is 0 Å². The third-order valence-electron chi connectivity index (χ3n) is 5.69. The van der Waals surface area contributed by atoms with Crippen LogP contribution >= 0.6 is 0 Å². The highest BCUT2D eigenvalue weighted by Gasteiger charge is 2.36. The Morgan fingerprint density at radius 2 is 1.48 bits per heavy atom. The fraction of sp³-hybridized carbons (Fsp3) is 0.938. The maximum atomic E-state index is 12.4. The van der Waals surface area contributed by atoms with E-state index in [1.54, 1.807) is 0 Å². The maximum absolute atomic E-state index is 12.4. The van der Waals surface area contributed by atoms with Gasteiger partial charge in [0.15, 0.2) is 0 Å². The summed E-state index contributed by atoms with van der Waals surface area (Å²) in [6.07, 6.45) is 5.74. The lowest BCUT2D eigenvalue weighted by atomic mass is 9.71. The highest BCUT2D eigenvalue weighted by molar-refractivity contribution is 5.76. The molecular formula is C16H30N4O. The number of hydrogen-bond acceptors (Lipinski definition) is 4. The summed E-state index contributed by atoms with van der Waals surface area (Å²) in [6.45, 7) is 9.54. The quantitative estimate of drug-likeness (QED) is 0.785. The normalized spacial score (nSPS) is 27.0. The number of hydrogen-bond donors (Lipinski definition) is 2. The molecule has 0 atom stereocenters. The fourth-order valence-electron chi connectivity index (χ4n) is 4.03. The number of carbonyl (C=O) groups is 1. The first-order chi connectivity index (χ1) is 10.3. The number of likely N-dealkylation sites (tertiary alicyclic amines) is 1. The predicted octanol–water partition coefficient (Wildman–Crippen LogP) is 0.274. The molecular weight excluding hydrogens is 264 g/mol. The van der Waals surface area contributed by atoms with E-state index in [0.717, 1.165) is 58.9 Å². The van der Waals surface area contributed by atoms with E-state index < -0.39 is 0 Å². The average molecular weight is 294 g/mol. The van der Waals surface area contributed by atoms with Gasteiger partial charge < -0.3 is 20.4 Å². The van der Waals surface area contributed by atoms with Crippen LogP contribution < -0.4 is 10.6 Å². The first kappa shape index (κ1) is 15.3. The van der Waals surface area contributed by atoms with Crippen molar-refractivity contribution >= 4 is 5.91 Å². The summed E-state index contributed by atoms with van der Waals surface area (Å²) in [4.78, 5) is 16.9. The molecule has 3 heterocycles. The summed E-state index contributed by atoms with van der Waals surface area (Å²) < 4.78 is 0. The van der Waals surface area contributed by atoms with E-state index in [4.69, 9.17) is 0 Å². The van der Waals surface area contributed by atoms with Crippen LogP contribution in [0.3, 0.4) is 0 Å². The molecule has 5 nitrogen and oxygen atoms in total. The molecule has 0 radical (unpaired) electrons. The van der Waals surface area contributed by atoms with E-state index in [1.165, 1.54) is 25.7 Å². The number of nitrogens with zero attached hydrogens (tertiary/aromatic N) is 2. The molecule has 0 aliphatic carbocycles. The Balaban J connectivity index is 1.40. The van der Waals surface area contributed by atoms with Gasteiger partial charge in [-0.05, 0) is 44.2 Å². The zero-order chi connectivity index (χ0) is 14.5. The first-order valence-corrected chi connectivity index (χ1v) is 8.69. The number of piperidine rings is 2. The molecule has 21 heavy (non-hydrogen) atoms. The minimum absolute atomic E-state index is 0.373. The van der Waals surface area contributed by atoms with Crippen molar-refractivity contribution in [1.82, 2.24) is 20.4 Å². The molecule has 3 saturated heterocycles. The van der Waals surface area contributed by atoms with Gasteiger partial charge in [-0.2, -0.15) is 0 Å². The van der Waals surface area contributed by atoms with Crippen molar-refractivity contribution in [3.8, 4) is 0 Å². The third kappa shape index (κ3) is 3.96. The van der Waals surface area contributed by atoms with Crippen molar-refractivity contribution < 1.29 is 4.79 Å². The second-order valence-corrected chi connectivity index (χ2v) is 6.97. The van der Waals surface area contributed by atoms with E-state index in [9.17, 15) is 4.79 Å². The SMILES string of the molecule is O=C(CCN1CCNCC1)N1CCC2(CCNCC2)CC1. The van der Waals surface area contributed by atoms with Crippen LogP contribution in [0.15, 0.2) is 0 Å². The van der Waals surface area contributed by atoms with Gasteiger partial charge in [0, 0.05) is 52.2 Å². The van der Waals surface area contributed by atoms with E-state index >= 15 is 0 Å². The van der Waals surface area contributed by atoms with Gasteiger partial charge in [0.2, 0.25) is 5.91 Å². The van der Waals surface area contributed by atoms with E-state index in [-0.39, 0.29) is 0 Å². The smallest absolute Gasteiger partial charge is 0.223 e. The highest BCUT2D eigenvalue weighted by atomic mass is 16.2. The lowest BCUT2D eigenvalue weighted by Gasteiger charge is -2.44. The predicted molar refractivity (Wildman–Crippen MR) is 84.3 cm³/mol. The van der Waals surface area contributed by atoms with Crippen LogP contribution in [0.2, 0.25) is 0 Å². The molecule has 0 aromatic heterocycles. The molecule has 1 spiro atoms. The molecule has 3 fully saturated rings. The van der Waals surface area contributed by atoms with Gasteiger partial charge in [0.1, 0.15) is 0 Å². The largest absolute Gasteiger partial charge is 0.343 e. The summed E-state index contributed by atoms with van der Waals surface area (Å²) in [5.41, 5.74) is 0.542. The Hall–Kier alpha value is -0.650. The monoisotopic (exact) mass is 294 g/mol. The molecule has 3 rings (SSSR count). The number of carbonyl (C=O) groups excluding carboxylic acids is 1. The molecule has 3 aliphatic rings. The molecule has 120 valence electrons. The Labute approximate surface area is 128 Å². The Bertz CT molecular complexity index is 338. The van der Waals surface area contributed by atoms with Crippen LogP contribution in [0, 0.1) is 5.41 Å². The summed E-state index contributed by atoms with van der Waals surface area (Å²) >= 11 is 0. The standard InChI is InChI=1S/C16H30N4O/c21-15(1-10-19-13-8-18-9-14-19)20-11-4-16(5-12-20)2-6-17-7-3-16/h17-18H,1-14H2. The zero-order valence-electron chi connectivity index (χ0n) is 13.2. The molecule has 0 aromatic rings. The minimum Gasteiger partial charge on any atom is -0.343 e. The lowest BCUT2D eigenvalue weighted by Crippen LogP contribution is -2.48. The molecule has 0 aromatic carbocycles. The van der Waals surface area contributed by atoms with Gasteiger partial charge in [-0.1, -0.05) is 0 Å². The van der Waals surface area contributed by atoms with Crippen molar-refractivity contribution in [1.29, 1.82) is 0 Å². The number of nitrogens with one attached hydrogen (secondary N) is 2. The summed E-state index contributed by atoms with van der Waals surface area (Å²) in [7, 11) is 0. The van der Waals surface area contributed by atoms with Crippen LogP contribution in [0.25, 0.3) is 0 Å². The third-order valence-corrected chi connectivity index (χ3v) is 5.69. The van der Waals surface area contributed by atoms with Crippen molar-refractivity contribution in [2.45, 2.75) is 32.1 Å². The van der Waals surface area contributed by atoms with Gasteiger partial charge in [-0.15, -0.1) is 0 Å². The van der Waals surface area contributed by atoms with E-state index in [0.29, 0.717) is 17.7 Å². The van der Waals surface area contributed by atoms with Crippen molar-refractivity contribution in [2.24, 2.45) is 5.41 Å². The van der Waals surface area contributed by atoms with Crippen LogP contribution in [0.1, 0.15) is 32.1 Å². The Kier molecular flexibility index (Phi) is 5.14. The van der Waals surface area contributed by atoms with Crippen LogP contribution in [-0.4, -0.2) is 74.6 Å². The lowest BCUT2D eigenvalue weighted by molar-refractivity contribution is -0.134. The summed E-state index contributed by atoms with van der Waals surface area (Å²) in [5, 5.41) is 6.81. The van der Waals surface area contributed by atoms with Gasteiger partial charge in [0.25, 0.3) is 0 Å². The topological polar surface area (TPSA) is 47.6 Å². The molecule has 0 saturated carbocycles. The molecule has 2 N–H and O–H groups in total. The Morgan fingerprint density at radius 1 is 0.857 bits per heavy atom. The van der Waals surface area contributed by atoms with Crippen molar-refractivity contribution in [3.63, 3.8) is 0 Å². The van der Waals surface area contributed by atoms with Gasteiger partial charge in [-0.3, -0.25) is 4.79 Å². The molecule has 0 unspecified atom stereocenters. The average Bonchev–Trinajstić information content (AvgIpc) is 2.55. The summed E-state index contributed by atoms with van der Waals surface area (Å²) in [5.74, 6) is 0.373. The van der Waals surface area contributed by atoms with Gasteiger partial charge in [-0.25, -0.2) is 0 Å². The van der Waals surface area contributed by atoms with E-state index in [1.807, 2.05) is 0 Å².